The summed E-state index contributed by atoms with van der Waals surface area (Å²) in [5.41, 5.74) is 3.70. The summed E-state index contributed by atoms with van der Waals surface area (Å²) in [6.45, 7) is 5.24. The highest BCUT2D eigenvalue weighted by atomic mass is 32.1. The molecule has 0 aliphatic heterocycles. The van der Waals surface area contributed by atoms with Crippen LogP contribution in [0.2, 0.25) is 0 Å². The van der Waals surface area contributed by atoms with Gasteiger partial charge in [0.25, 0.3) is 0 Å². The molecule has 0 saturated carbocycles. The molecule has 102 valence electrons. The number of rotatable bonds is 4. The predicted molar refractivity (Wildman–Crippen MR) is 87.7 cm³/mol. The zero-order valence-electron chi connectivity index (χ0n) is 11.8. The second kappa shape index (κ2) is 5.63. The quantitative estimate of drug-likeness (QED) is 0.742. The molecule has 1 atom stereocenters. The summed E-state index contributed by atoms with van der Waals surface area (Å²) >= 11 is 1.72. The van der Waals surface area contributed by atoms with Gasteiger partial charge in [-0.15, -0.1) is 0 Å². The molecule has 0 bridgehead atoms. The van der Waals surface area contributed by atoms with Crippen LogP contribution in [0.25, 0.3) is 10.2 Å². The highest BCUT2D eigenvalue weighted by Gasteiger charge is 2.07. The van der Waals surface area contributed by atoms with E-state index in [-0.39, 0.29) is 0 Å². The fourth-order valence-corrected chi connectivity index (χ4v) is 3.11. The summed E-state index contributed by atoms with van der Waals surface area (Å²) in [7, 11) is 0. The van der Waals surface area contributed by atoms with Crippen molar-refractivity contribution in [3.05, 3.63) is 59.7 Å². The van der Waals surface area contributed by atoms with Gasteiger partial charge in [0.15, 0.2) is 5.13 Å². The van der Waals surface area contributed by atoms with E-state index in [1.807, 2.05) is 0 Å². The molecule has 0 radical (unpaired) electrons. The Morgan fingerprint density at radius 3 is 2.75 bits per heavy atom. The van der Waals surface area contributed by atoms with Gasteiger partial charge in [0, 0.05) is 6.54 Å². The minimum absolute atomic E-state index is 0.477. The van der Waals surface area contributed by atoms with Crippen molar-refractivity contribution in [1.82, 2.24) is 4.98 Å². The van der Waals surface area contributed by atoms with Crippen LogP contribution in [0.4, 0.5) is 5.13 Å². The molecular weight excluding hydrogens is 264 g/mol. The summed E-state index contributed by atoms with van der Waals surface area (Å²) in [5, 5.41) is 4.47. The van der Waals surface area contributed by atoms with Gasteiger partial charge in [-0.3, -0.25) is 0 Å². The summed E-state index contributed by atoms with van der Waals surface area (Å²) in [5.74, 6) is 0.477. The Hall–Kier alpha value is -1.87. The first-order chi connectivity index (χ1) is 9.72. The molecule has 20 heavy (non-hydrogen) atoms. The SMILES string of the molecule is Cc1ccc2sc(NCC(C)c3ccccc3)nc2c1. The normalized spacial score (nSPS) is 12.5. The van der Waals surface area contributed by atoms with Crippen molar-refractivity contribution in [3.63, 3.8) is 0 Å². The van der Waals surface area contributed by atoms with E-state index < -0.39 is 0 Å². The number of nitrogens with zero attached hydrogens (tertiary/aromatic N) is 1. The van der Waals surface area contributed by atoms with Crippen LogP contribution in [0, 0.1) is 6.92 Å². The molecule has 2 aromatic carbocycles. The fraction of sp³-hybridized carbons (Fsp3) is 0.235. The molecular formula is C17H18N2S. The Morgan fingerprint density at radius 2 is 1.95 bits per heavy atom. The van der Waals surface area contributed by atoms with E-state index in [1.54, 1.807) is 11.3 Å². The van der Waals surface area contributed by atoms with Crippen LogP contribution in [0.5, 0.6) is 0 Å². The van der Waals surface area contributed by atoms with Crippen molar-refractivity contribution in [2.45, 2.75) is 19.8 Å². The van der Waals surface area contributed by atoms with Crippen LogP contribution >= 0.6 is 11.3 Å². The highest BCUT2D eigenvalue weighted by molar-refractivity contribution is 7.22. The van der Waals surface area contributed by atoms with Gasteiger partial charge in [-0.25, -0.2) is 4.98 Å². The molecule has 1 aromatic heterocycles. The molecule has 0 amide bonds. The first-order valence-electron chi connectivity index (χ1n) is 6.88. The molecule has 1 unspecified atom stereocenters. The zero-order chi connectivity index (χ0) is 13.9. The van der Waals surface area contributed by atoms with E-state index in [0.29, 0.717) is 5.92 Å². The third-order valence-electron chi connectivity index (χ3n) is 3.47. The van der Waals surface area contributed by atoms with Crippen LogP contribution < -0.4 is 5.32 Å². The second-order valence-corrected chi connectivity index (χ2v) is 6.21. The first kappa shape index (κ1) is 13.1. The standard InChI is InChI=1S/C17H18N2S/c1-12-8-9-16-15(10-12)19-17(20-16)18-11-13(2)14-6-4-3-5-7-14/h3-10,13H,11H2,1-2H3,(H,18,19). The second-order valence-electron chi connectivity index (χ2n) is 5.18. The average Bonchev–Trinajstić information content (AvgIpc) is 2.87. The largest absolute Gasteiger partial charge is 0.361 e. The molecule has 0 saturated heterocycles. The van der Waals surface area contributed by atoms with Crippen LogP contribution in [0.15, 0.2) is 48.5 Å². The van der Waals surface area contributed by atoms with Crippen molar-refractivity contribution < 1.29 is 0 Å². The van der Waals surface area contributed by atoms with Crippen molar-refractivity contribution in [2.24, 2.45) is 0 Å². The predicted octanol–water partition coefficient (Wildman–Crippen LogP) is 4.82. The summed E-state index contributed by atoms with van der Waals surface area (Å²) in [4.78, 5) is 4.65. The molecule has 0 aliphatic carbocycles. The van der Waals surface area contributed by atoms with Crippen molar-refractivity contribution in [1.29, 1.82) is 0 Å². The van der Waals surface area contributed by atoms with E-state index in [0.717, 1.165) is 17.2 Å². The van der Waals surface area contributed by atoms with Crippen molar-refractivity contribution >= 4 is 26.7 Å². The van der Waals surface area contributed by atoms with Gasteiger partial charge in [0.05, 0.1) is 10.2 Å². The summed E-state index contributed by atoms with van der Waals surface area (Å²) < 4.78 is 1.24. The average molecular weight is 282 g/mol. The Balaban J connectivity index is 1.71. The number of thiazole rings is 1. The lowest BCUT2D eigenvalue weighted by atomic mass is 10.0. The van der Waals surface area contributed by atoms with Crippen LogP contribution in [0.3, 0.4) is 0 Å². The molecule has 3 heteroatoms. The number of hydrogen-bond donors (Lipinski definition) is 1. The number of anilines is 1. The minimum Gasteiger partial charge on any atom is -0.361 e. The van der Waals surface area contributed by atoms with Gasteiger partial charge < -0.3 is 5.32 Å². The third kappa shape index (κ3) is 2.83. The topological polar surface area (TPSA) is 24.9 Å². The summed E-state index contributed by atoms with van der Waals surface area (Å²) in [6.07, 6.45) is 0. The maximum atomic E-state index is 4.65. The monoisotopic (exact) mass is 282 g/mol. The Labute approximate surface area is 123 Å². The molecule has 0 fully saturated rings. The number of benzene rings is 2. The Morgan fingerprint density at radius 1 is 1.15 bits per heavy atom. The van der Waals surface area contributed by atoms with E-state index in [4.69, 9.17) is 0 Å². The fourth-order valence-electron chi connectivity index (χ4n) is 2.25. The van der Waals surface area contributed by atoms with Gasteiger partial charge in [-0.2, -0.15) is 0 Å². The number of aryl methyl sites for hydroxylation is 1. The molecule has 0 aliphatic rings. The van der Waals surface area contributed by atoms with E-state index in [2.05, 4.69) is 72.7 Å². The van der Waals surface area contributed by atoms with Gasteiger partial charge in [-0.05, 0) is 36.1 Å². The van der Waals surface area contributed by atoms with Gasteiger partial charge in [0.2, 0.25) is 0 Å². The molecule has 2 nitrogen and oxygen atoms in total. The summed E-state index contributed by atoms with van der Waals surface area (Å²) in [6, 6.07) is 17.0. The van der Waals surface area contributed by atoms with Crippen LogP contribution in [-0.2, 0) is 0 Å². The number of hydrogen-bond acceptors (Lipinski definition) is 3. The lowest BCUT2D eigenvalue weighted by Gasteiger charge is -2.11. The minimum atomic E-state index is 0.477. The molecule has 3 rings (SSSR count). The molecule has 1 N–H and O–H groups in total. The van der Waals surface area contributed by atoms with Crippen LogP contribution in [-0.4, -0.2) is 11.5 Å². The Kier molecular flexibility index (Phi) is 3.70. The van der Waals surface area contributed by atoms with E-state index in [1.165, 1.54) is 15.8 Å². The van der Waals surface area contributed by atoms with Crippen molar-refractivity contribution in [3.8, 4) is 0 Å². The van der Waals surface area contributed by atoms with Crippen molar-refractivity contribution in [2.75, 3.05) is 11.9 Å². The van der Waals surface area contributed by atoms with Gasteiger partial charge in [0.1, 0.15) is 0 Å². The zero-order valence-corrected chi connectivity index (χ0v) is 12.6. The van der Waals surface area contributed by atoms with Gasteiger partial charge >= 0.3 is 0 Å². The molecule has 0 spiro atoms. The lowest BCUT2D eigenvalue weighted by Crippen LogP contribution is -2.09. The van der Waals surface area contributed by atoms with Gasteiger partial charge in [-0.1, -0.05) is 54.7 Å². The smallest absolute Gasteiger partial charge is 0.183 e. The number of aromatic nitrogens is 1. The van der Waals surface area contributed by atoms with Crippen LogP contribution in [0.1, 0.15) is 24.0 Å². The molecule has 3 aromatic rings. The maximum Gasteiger partial charge on any atom is 0.183 e. The molecule has 1 heterocycles. The lowest BCUT2D eigenvalue weighted by molar-refractivity contribution is 0.804. The van der Waals surface area contributed by atoms with E-state index >= 15 is 0 Å². The van der Waals surface area contributed by atoms with E-state index in [9.17, 15) is 0 Å². The maximum absolute atomic E-state index is 4.65. The highest BCUT2D eigenvalue weighted by Crippen LogP contribution is 2.27. The number of nitrogens with one attached hydrogen (secondary N) is 1. The Bertz CT molecular complexity index is 703. The first-order valence-corrected chi connectivity index (χ1v) is 7.70. The third-order valence-corrected chi connectivity index (χ3v) is 4.47. The number of fused-ring (bicyclic) bond motifs is 1.